The van der Waals surface area contributed by atoms with Crippen LogP contribution in [-0.2, 0) is 4.79 Å². The van der Waals surface area contributed by atoms with Gasteiger partial charge in [-0.15, -0.1) is 6.42 Å². The summed E-state index contributed by atoms with van der Waals surface area (Å²) in [7, 11) is 0. The Morgan fingerprint density at radius 2 is 2.31 bits per heavy atom. The maximum Gasteiger partial charge on any atom is 0.305 e. The van der Waals surface area contributed by atoms with Crippen LogP contribution in [0.25, 0.3) is 0 Å². The Morgan fingerprint density at radius 1 is 1.56 bits per heavy atom. The van der Waals surface area contributed by atoms with Gasteiger partial charge >= 0.3 is 5.97 Å². The lowest BCUT2D eigenvalue weighted by Crippen LogP contribution is -2.26. The molecule has 1 aromatic rings. The van der Waals surface area contributed by atoms with Crippen LogP contribution in [0.1, 0.15) is 6.42 Å². The van der Waals surface area contributed by atoms with E-state index < -0.39 is 5.97 Å². The molecular weight excluding hydrogens is 226 g/mol. The number of hydrogen-bond donors (Lipinski definition) is 1. The van der Waals surface area contributed by atoms with Gasteiger partial charge in [0, 0.05) is 17.3 Å². The number of rotatable bonds is 5. The number of aliphatic carboxylic acids is 1. The topological polar surface area (TPSA) is 40.5 Å². The summed E-state index contributed by atoms with van der Waals surface area (Å²) in [4.78, 5) is 12.3. The van der Waals surface area contributed by atoms with Crippen LogP contribution in [-0.4, -0.2) is 24.2 Å². The first-order valence-corrected chi connectivity index (χ1v) is 5.17. The van der Waals surface area contributed by atoms with Crippen LogP contribution in [0.5, 0.6) is 0 Å². The number of halogens is 1. The van der Waals surface area contributed by atoms with Crippen molar-refractivity contribution in [2.24, 2.45) is 0 Å². The van der Waals surface area contributed by atoms with Gasteiger partial charge in [0.05, 0.1) is 13.0 Å². The second-order valence-corrected chi connectivity index (χ2v) is 3.69. The first kappa shape index (κ1) is 12.4. The lowest BCUT2D eigenvalue weighted by molar-refractivity contribution is -0.136. The minimum Gasteiger partial charge on any atom is -0.481 e. The molecule has 0 heterocycles. The minimum absolute atomic E-state index is 0.0498. The van der Waals surface area contributed by atoms with Crippen LogP contribution >= 0.6 is 11.6 Å². The Balaban J connectivity index is 2.77. The molecule has 3 nitrogen and oxygen atoms in total. The molecule has 0 aliphatic rings. The van der Waals surface area contributed by atoms with Crippen molar-refractivity contribution in [3.63, 3.8) is 0 Å². The zero-order chi connectivity index (χ0) is 12.0. The Labute approximate surface area is 99.6 Å². The number of anilines is 1. The summed E-state index contributed by atoms with van der Waals surface area (Å²) in [5.41, 5.74) is 0.840. The molecule has 0 amide bonds. The fourth-order valence-electron chi connectivity index (χ4n) is 1.31. The number of terminal acetylenes is 1. The summed E-state index contributed by atoms with van der Waals surface area (Å²) in [5.74, 6) is 1.66. The number of hydrogen-bond acceptors (Lipinski definition) is 2. The van der Waals surface area contributed by atoms with Crippen molar-refractivity contribution >= 4 is 23.3 Å². The number of benzene rings is 1. The molecule has 4 heteroatoms. The van der Waals surface area contributed by atoms with Crippen LogP contribution in [0.3, 0.4) is 0 Å². The Hall–Kier alpha value is -1.66. The average molecular weight is 238 g/mol. The van der Waals surface area contributed by atoms with Crippen molar-refractivity contribution in [1.29, 1.82) is 0 Å². The highest BCUT2D eigenvalue weighted by atomic mass is 35.5. The van der Waals surface area contributed by atoms with Crippen LogP contribution in [0.2, 0.25) is 5.02 Å². The lowest BCUT2D eigenvalue weighted by Gasteiger charge is -2.21. The maximum absolute atomic E-state index is 10.5. The van der Waals surface area contributed by atoms with Crippen molar-refractivity contribution in [2.45, 2.75) is 6.42 Å². The number of carboxylic acid groups (broad SMARTS) is 1. The Morgan fingerprint density at radius 3 is 2.88 bits per heavy atom. The molecule has 0 atom stereocenters. The van der Waals surface area contributed by atoms with Crippen LogP contribution in [0.4, 0.5) is 5.69 Å². The second-order valence-electron chi connectivity index (χ2n) is 3.25. The van der Waals surface area contributed by atoms with Crippen LogP contribution < -0.4 is 4.90 Å². The molecule has 0 radical (unpaired) electrons. The van der Waals surface area contributed by atoms with E-state index in [-0.39, 0.29) is 6.42 Å². The van der Waals surface area contributed by atoms with E-state index in [1.807, 2.05) is 12.1 Å². The standard InChI is InChI=1S/C12H12ClNO2/c1-2-7-14(8-6-12(15)16)11-5-3-4-10(13)9-11/h1,3-5,9H,6-8H2,(H,15,16). The average Bonchev–Trinajstić information content (AvgIpc) is 2.24. The molecule has 0 spiro atoms. The molecule has 0 aliphatic carbocycles. The van der Waals surface area contributed by atoms with E-state index in [9.17, 15) is 4.79 Å². The predicted octanol–water partition coefficient (Wildman–Crippen LogP) is 2.25. The van der Waals surface area contributed by atoms with Crippen LogP contribution in [0.15, 0.2) is 24.3 Å². The van der Waals surface area contributed by atoms with Gasteiger partial charge in [-0.3, -0.25) is 4.79 Å². The maximum atomic E-state index is 10.5. The van der Waals surface area contributed by atoms with E-state index in [0.717, 1.165) is 5.69 Å². The molecule has 1 rings (SSSR count). The van der Waals surface area contributed by atoms with Crippen molar-refractivity contribution in [3.05, 3.63) is 29.3 Å². The smallest absolute Gasteiger partial charge is 0.305 e. The number of carbonyl (C=O) groups is 1. The fraction of sp³-hybridized carbons (Fsp3) is 0.250. The van der Waals surface area contributed by atoms with E-state index >= 15 is 0 Å². The Kier molecular flexibility index (Phi) is 4.68. The van der Waals surface area contributed by atoms with Gasteiger partial charge in [-0.2, -0.15) is 0 Å². The summed E-state index contributed by atoms with van der Waals surface area (Å²) in [6.07, 6.45) is 5.29. The highest BCUT2D eigenvalue weighted by Gasteiger charge is 2.07. The lowest BCUT2D eigenvalue weighted by atomic mass is 10.2. The normalized spacial score (nSPS) is 9.50. The number of carboxylic acids is 1. The molecule has 0 unspecified atom stereocenters. The first-order valence-electron chi connectivity index (χ1n) is 4.79. The van der Waals surface area contributed by atoms with Gasteiger partial charge in [-0.25, -0.2) is 0 Å². The van der Waals surface area contributed by atoms with Crippen molar-refractivity contribution in [3.8, 4) is 12.3 Å². The summed E-state index contributed by atoms with van der Waals surface area (Å²) in [6.45, 7) is 0.744. The summed E-state index contributed by atoms with van der Waals surface area (Å²) < 4.78 is 0. The SMILES string of the molecule is C#CCN(CCC(=O)O)c1cccc(Cl)c1. The zero-order valence-corrected chi connectivity index (χ0v) is 9.44. The molecule has 84 valence electrons. The molecule has 0 bridgehead atoms. The van der Waals surface area contributed by atoms with Crippen molar-refractivity contribution < 1.29 is 9.90 Å². The predicted molar refractivity (Wildman–Crippen MR) is 64.8 cm³/mol. The monoisotopic (exact) mass is 237 g/mol. The van der Waals surface area contributed by atoms with Gasteiger partial charge in [-0.1, -0.05) is 23.6 Å². The molecule has 1 N–H and O–H groups in total. The quantitative estimate of drug-likeness (QED) is 0.799. The highest BCUT2D eigenvalue weighted by molar-refractivity contribution is 6.30. The Bertz CT molecular complexity index is 412. The molecule has 0 fully saturated rings. The van der Waals surface area contributed by atoms with Crippen molar-refractivity contribution in [2.75, 3.05) is 18.0 Å². The largest absolute Gasteiger partial charge is 0.481 e. The molecular formula is C12H12ClNO2. The van der Waals surface area contributed by atoms with E-state index in [0.29, 0.717) is 18.1 Å². The minimum atomic E-state index is -0.843. The molecule has 0 aliphatic heterocycles. The highest BCUT2D eigenvalue weighted by Crippen LogP contribution is 2.19. The van der Waals surface area contributed by atoms with Gasteiger partial charge in [0.1, 0.15) is 0 Å². The number of nitrogens with zero attached hydrogens (tertiary/aromatic N) is 1. The van der Waals surface area contributed by atoms with Gasteiger partial charge in [-0.05, 0) is 18.2 Å². The van der Waals surface area contributed by atoms with E-state index in [1.54, 1.807) is 17.0 Å². The van der Waals surface area contributed by atoms with Gasteiger partial charge in [0.15, 0.2) is 0 Å². The first-order chi connectivity index (χ1) is 7.63. The molecule has 0 aromatic heterocycles. The van der Waals surface area contributed by atoms with E-state index in [1.165, 1.54) is 0 Å². The molecule has 0 saturated heterocycles. The third-order valence-electron chi connectivity index (χ3n) is 2.05. The third-order valence-corrected chi connectivity index (χ3v) is 2.29. The molecule has 0 saturated carbocycles. The van der Waals surface area contributed by atoms with Gasteiger partial charge in [0.25, 0.3) is 0 Å². The third kappa shape index (κ3) is 3.84. The molecule has 1 aromatic carbocycles. The van der Waals surface area contributed by atoms with Gasteiger partial charge in [0.2, 0.25) is 0 Å². The summed E-state index contributed by atoms with van der Waals surface area (Å²) in [5, 5.41) is 9.23. The molecule has 16 heavy (non-hydrogen) atoms. The van der Waals surface area contributed by atoms with E-state index in [2.05, 4.69) is 5.92 Å². The van der Waals surface area contributed by atoms with E-state index in [4.69, 9.17) is 23.1 Å². The van der Waals surface area contributed by atoms with Gasteiger partial charge < -0.3 is 10.0 Å². The summed E-state index contributed by atoms with van der Waals surface area (Å²) >= 11 is 5.86. The second kappa shape index (κ2) is 6.04. The summed E-state index contributed by atoms with van der Waals surface area (Å²) in [6, 6.07) is 7.18. The van der Waals surface area contributed by atoms with Crippen LogP contribution in [0, 0.1) is 12.3 Å². The van der Waals surface area contributed by atoms with Crippen molar-refractivity contribution in [1.82, 2.24) is 0 Å². The zero-order valence-electron chi connectivity index (χ0n) is 8.69. The fourth-order valence-corrected chi connectivity index (χ4v) is 1.50.